The maximum absolute atomic E-state index is 11.7. The zero-order chi connectivity index (χ0) is 16.8. The number of carbonyl (C=O) groups excluding carboxylic acids is 1. The van der Waals surface area contributed by atoms with E-state index in [4.69, 9.17) is 19.3 Å². The number of ketones is 1. The highest BCUT2D eigenvalue weighted by molar-refractivity contribution is 5.82. The number of rotatable bonds is 15. The Morgan fingerprint density at radius 2 is 1.73 bits per heavy atom. The highest BCUT2D eigenvalue weighted by atomic mass is 16.5. The van der Waals surface area contributed by atoms with Crippen LogP contribution in [0.3, 0.4) is 0 Å². The molecule has 22 heavy (non-hydrogen) atoms. The van der Waals surface area contributed by atoms with Crippen molar-refractivity contribution >= 4 is 5.78 Å². The average molecular weight is 319 g/mol. The smallest absolute Gasteiger partial charge is 0.149 e. The minimum Gasteiger partial charge on any atom is -0.394 e. The predicted octanol–water partition coefficient (Wildman–Crippen LogP) is 1.01. The van der Waals surface area contributed by atoms with E-state index >= 15 is 0 Å². The number of Topliss-reactive ketones (excluding diaryl/α,β-unsaturated/α-hetero) is 1. The highest BCUT2D eigenvalue weighted by Crippen LogP contribution is 1.97. The summed E-state index contributed by atoms with van der Waals surface area (Å²) in [6.07, 6.45) is 1.23. The summed E-state index contributed by atoms with van der Waals surface area (Å²) in [7, 11) is 0. The van der Waals surface area contributed by atoms with Gasteiger partial charge in [0.15, 0.2) is 0 Å². The number of aliphatic hydroxyl groups is 1. The maximum atomic E-state index is 11.7. The molecule has 6 heteroatoms. The molecule has 0 saturated carbocycles. The number of ether oxygens (including phenoxy) is 3. The first-order chi connectivity index (χ1) is 10.5. The Balaban J connectivity index is 3.94. The third-order valence-corrected chi connectivity index (χ3v) is 3.29. The van der Waals surface area contributed by atoms with Crippen LogP contribution >= 0.6 is 0 Å². The van der Waals surface area contributed by atoms with Crippen LogP contribution < -0.4 is 5.32 Å². The van der Waals surface area contributed by atoms with Gasteiger partial charge in [-0.15, -0.1) is 0 Å². The van der Waals surface area contributed by atoms with E-state index in [-0.39, 0.29) is 37.1 Å². The standard InChI is InChI=1S/C16H33NO5/c1-5-14(4)22-9-8-21-12-15(11-20-7-6-18)17-10-16(19)13(2)3/h13-15,17-18H,5-12H2,1-4H3. The molecule has 2 unspecified atom stereocenters. The summed E-state index contributed by atoms with van der Waals surface area (Å²) < 4.78 is 16.4. The van der Waals surface area contributed by atoms with E-state index in [1.165, 1.54) is 0 Å². The summed E-state index contributed by atoms with van der Waals surface area (Å²) in [5.74, 6) is 0.170. The van der Waals surface area contributed by atoms with E-state index in [2.05, 4.69) is 12.2 Å². The van der Waals surface area contributed by atoms with Gasteiger partial charge in [0.2, 0.25) is 0 Å². The van der Waals surface area contributed by atoms with Crippen LogP contribution in [0.15, 0.2) is 0 Å². The Hall–Kier alpha value is -0.530. The molecule has 0 heterocycles. The summed E-state index contributed by atoms with van der Waals surface area (Å²) in [4.78, 5) is 11.7. The van der Waals surface area contributed by atoms with Crippen molar-refractivity contribution in [2.75, 3.05) is 46.2 Å². The van der Waals surface area contributed by atoms with Gasteiger partial charge in [0.05, 0.1) is 58.3 Å². The van der Waals surface area contributed by atoms with E-state index in [1.807, 2.05) is 20.8 Å². The molecule has 0 aliphatic heterocycles. The van der Waals surface area contributed by atoms with E-state index in [9.17, 15) is 4.79 Å². The highest BCUT2D eigenvalue weighted by Gasteiger charge is 2.13. The molecule has 0 fully saturated rings. The van der Waals surface area contributed by atoms with Gasteiger partial charge in [0.25, 0.3) is 0 Å². The second kappa shape index (κ2) is 14.1. The van der Waals surface area contributed by atoms with Crippen LogP contribution in [0.2, 0.25) is 0 Å². The van der Waals surface area contributed by atoms with Gasteiger partial charge in [-0.3, -0.25) is 4.79 Å². The summed E-state index contributed by atoms with van der Waals surface area (Å²) in [5, 5.41) is 11.9. The second-order valence-electron chi connectivity index (χ2n) is 5.66. The summed E-state index contributed by atoms with van der Waals surface area (Å²) >= 11 is 0. The predicted molar refractivity (Wildman–Crippen MR) is 86.1 cm³/mol. The molecule has 6 nitrogen and oxygen atoms in total. The molecule has 0 aliphatic rings. The lowest BCUT2D eigenvalue weighted by Gasteiger charge is -2.19. The van der Waals surface area contributed by atoms with Gasteiger partial charge >= 0.3 is 0 Å². The SMILES string of the molecule is CCC(C)OCCOCC(COCCO)NCC(=O)C(C)C. The largest absolute Gasteiger partial charge is 0.394 e. The van der Waals surface area contributed by atoms with Gasteiger partial charge in [-0.2, -0.15) is 0 Å². The van der Waals surface area contributed by atoms with Gasteiger partial charge in [-0.1, -0.05) is 20.8 Å². The zero-order valence-electron chi connectivity index (χ0n) is 14.5. The molecule has 0 amide bonds. The van der Waals surface area contributed by atoms with E-state index in [0.717, 1.165) is 6.42 Å². The molecule has 0 aromatic rings. The molecule has 0 spiro atoms. The Morgan fingerprint density at radius 1 is 1.09 bits per heavy atom. The van der Waals surface area contributed by atoms with Crippen LogP contribution in [0.25, 0.3) is 0 Å². The number of aliphatic hydroxyl groups excluding tert-OH is 1. The van der Waals surface area contributed by atoms with E-state index < -0.39 is 0 Å². The lowest BCUT2D eigenvalue weighted by molar-refractivity contribution is -0.121. The number of hydrogen-bond acceptors (Lipinski definition) is 6. The molecule has 0 aromatic carbocycles. The van der Waals surface area contributed by atoms with Crippen molar-refractivity contribution < 1.29 is 24.1 Å². The fourth-order valence-electron chi connectivity index (χ4n) is 1.56. The molecule has 0 saturated heterocycles. The molecular weight excluding hydrogens is 286 g/mol. The quantitative estimate of drug-likeness (QED) is 0.439. The van der Waals surface area contributed by atoms with Gasteiger partial charge in [0.1, 0.15) is 5.78 Å². The molecule has 0 bridgehead atoms. The van der Waals surface area contributed by atoms with Crippen molar-refractivity contribution in [1.82, 2.24) is 5.32 Å². The van der Waals surface area contributed by atoms with E-state index in [0.29, 0.717) is 33.0 Å². The van der Waals surface area contributed by atoms with Crippen LogP contribution in [0.4, 0.5) is 0 Å². The van der Waals surface area contributed by atoms with Crippen molar-refractivity contribution in [2.24, 2.45) is 5.92 Å². The molecule has 0 rings (SSSR count). The molecule has 2 N–H and O–H groups in total. The van der Waals surface area contributed by atoms with Gasteiger partial charge in [-0.05, 0) is 13.3 Å². The molecule has 2 atom stereocenters. The van der Waals surface area contributed by atoms with Crippen molar-refractivity contribution in [3.63, 3.8) is 0 Å². The van der Waals surface area contributed by atoms with Crippen molar-refractivity contribution in [2.45, 2.75) is 46.3 Å². The molecule has 132 valence electrons. The Kier molecular flexibility index (Phi) is 13.7. The molecule has 0 aromatic heterocycles. The first-order valence-corrected chi connectivity index (χ1v) is 8.15. The summed E-state index contributed by atoms with van der Waals surface area (Å²) in [6, 6.07) is -0.0714. The maximum Gasteiger partial charge on any atom is 0.149 e. The van der Waals surface area contributed by atoms with Crippen LogP contribution in [0.1, 0.15) is 34.1 Å². The summed E-state index contributed by atoms with van der Waals surface area (Å²) in [5.41, 5.74) is 0. The average Bonchev–Trinajstić information content (AvgIpc) is 2.50. The zero-order valence-corrected chi connectivity index (χ0v) is 14.5. The molecule has 0 aliphatic carbocycles. The first kappa shape index (κ1) is 21.5. The third kappa shape index (κ3) is 12.1. The minimum absolute atomic E-state index is 0.0105. The topological polar surface area (TPSA) is 77.0 Å². The van der Waals surface area contributed by atoms with Gasteiger partial charge < -0.3 is 24.6 Å². The number of hydrogen-bond donors (Lipinski definition) is 2. The lowest BCUT2D eigenvalue weighted by atomic mass is 10.1. The Morgan fingerprint density at radius 3 is 2.27 bits per heavy atom. The van der Waals surface area contributed by atoms with Crippen LogP contribution in [-0.4, -0.2) is 69.2 Å². The molecule has 0 radical (unpaired) electrons. The molecular formula is C16H33NO5. The fourth-order valence-corrected chi connectivity index (χ4v) is 1.56. The Bertz CT molecular complexity index is 273. The second-order valence-corrected chi connectivity index (χ2v) is 5.66. The number of carbonyl (C=O) groups is 1. The van der Waals surface area contributed by atoms with Gasteiger partial charge in [0, 0.05) is 5.92 Å². The lowest BCUT2D eigenvalue weighted by Crippen LogP contribution is -2.41. The fraction of sp³-hybridized carbons (Fsp3) is 0.938. The van der Waals surface area contributed by atoms with Crippen LogP contribution in [0.5, 0.6) is 0 Å². The van der Waals surface area contributed by atoms with Crippen molar-refractivity contribution in [1.29, 1.82) is 0 Å². The van der Waals surface area contributed by atoms with Gasteiger partial charge in [-0.25, -0.2) is 0 Å². The summed E-state index contributed by atoms with van der Waals surface area (Å²) in [6.45, 7) is 10.4. The van der Waals surface area contributed by atoms with E-state index in [1.54, 1.807) is 0 Å². The van der Waals surface area contributed by atoms with Crippen LogP contribution in [-0.2, 0) is 19.0 Å². The monoisotopic (exact) mass is 319 g/mol. The normalized spacial score (nSPS) is 14.3. The number of nitrogens with one attached hydrogen (secondary N) is 1. The first-order valence-electron chi connectivity index (χ1n) is 8.15. The van der Waals surface area contributed by atoms with Crippen LogP contribution in [0, 0.1) is 5.92 Å². The third-order valence-electron chi connectivity index (χ3n) is 3.29. The Labute approximate surface area is 134 Å². The van der Waals surface area contributed by atoms with Crippen molar-refractivity contribution in [3.05, 3.63) is 0 Å². The minimum atomic E-state index is -0.0714. The van der Waals surface area contributed by atoms with Crippen molar-refractivity contribution in [3.8, 4) is 0 Å².